The maximum absolute atomic E-state index is 13.3. The van der Waals surface area contributed by atoms with Crippen molar-refractivity contribution < 1.29 is 22.4 Å². The van der Waals surface area contributed by atoms with Crippen LogP contribution in [-0.4, -0.2) is 44.2 Å². The van der Waals surface area contributed by atoms with E-state index in [1.54, 1.807) is 12.1 Å². The third kappa shape index (κ3) is 4.44. The number of hydrogen-bond acceptors (Lipinski definition) is 4. The first kappa shape index (κ1) is 21.7. The average Bonchev–Trinajstić information content (AvgIpc) is 3.28. The van der Waals surface area contributed by atoms with Crippen LogP contribution in [0.25, 0.3) is 0 Å². The first-order valence-electron chi connectivity index (χ1n) is 9.94. The van der Waals surface area contributed by atoms with E-state index in [4.69, 9.17) is 11.6 Å². The van der Waals surface area contributed by atoms with Crippen LogP contribution in [0.3, 0.4) is 0 Å². The Morgan fingerprint density at radius 1 is 1.10 bits per heavy atom. The molecular weight excluding hydrogens is 445 g/mol. The van der Waals surface area contributed by atoms with E-state index in [2.05, 4.69) is 5.32 Å². The van der Waals surface area contributed by atoms with Crippen LogP contribution in [0.1, 0.15) is 24.8 Å². The topological polar surface area (TPSA) is 86.8 Å². The molecule has 0 atom stereocenters. The van der Waals surface area contributed by atoms with Crippen molar-refractivity contribution >= 4 is 44.8 Å². The number of carbonyl (C=O) groups is 2. The second-order valence-corrected chi connectivity index (χ2v) is 9.90. The number of sulfonamides is 1. The summed E-state index contributed by atoms with van der Waals surface area (Å²) in [6.07, 6.45) is 2.28. The Hall–Kier alpha value is -2.49. The Morgan fingerprint density at radius 2 is 1.84 bits per heavy atom. The summed E-state index contributed by atoms with van der Waals surface area (Å²) in [5, 5.41) is 2.47. The SMILES string of the molecule is O=C(CN1C(=O)CCc2cc(S(=O)(=O)N3CCCC3)ccc21)Nc1ccc(F)c(Cl)c1. The van der Waals surface area contributed by atoms with E-state index in [1.807, 2.05) is 0 Å². The highest BCUT2D eigenvalue weighted by atomic mass is 35.5. The summed E-state index contributed by atoms with van der Waals surface area (Å²) in [5.74, 6) is -1.30. The molecule has 7 nitrogen and oxygen atoms in total. The van der Waals surface area contributed by atoms with Crippen LogP contribution in [0.15, 0.2) is 41.3 Å². The summed E-state index contributed by atoms with van der Waals surface area (Å²) in [5.41, 5.74) is 1.54. The van der Waals surface area contributed by atoms with Gasteiger partial charge in [0.15, 0.2) is 0 Å². The summed E-state index contributed by atoms with van der Waals surface area (Å²) in [6.45, 7) is 0.772. The third-order valence-corrected chi connectivity index (χ3v) is 7.64. The number of carbonyl (C=O) groups excluding carboxylic acids is 2. The van der Waals surface area contributed by atoms with Crippen molar-refractivity contribution in [2.24, 2.45) is 0 Å². The molecule has 2 amide bonds. The second-order valence-electron chi connectivity index (χ2n) is 7.56. The van der Waals surface area contributed by atoms with E-state index in [0.717, 1.165) is 18.9 Å². The van der Waals surface area contributed by atoms with Crippen molar-refractivity contribution in [3.05, 3.63) is 52.8 Å². The summed E-state index contributed by atoms with van der Waals surface area (Å²) in [6, 6.07) is 8.46. The smallest absolute Gasteiger partial charge is 0.244 e. The Morgan fingerprint density at radius 3 is 2.55 bits per heavy atom. The predicted octanol–water partition coefficient (Wildman–Crippen LogP) is 3.18. The number of amides is 2. The number of hydrogen-bond donors (Lipinski definition) is 1. The second kappa shape index (κ2) is 8.57. The highest BCUT2D eigenvalue weighted by Crippen LogP contribution is 2.32. The maximum Gasteiger partial charge on any atom is 0.244 e. The molecule has 0 aliphatic carbocycles. The molecule has 0 unspecified atom stereocenters. The van der Waals surface area contributed by atoms with Crippen LogP contribution in [0.2, 0.25) is 5.02 Å². The summed E-state index contributed by atoms with van der Waals surface area (Å²) in [7, 11) is -3.57. The number of benzene rings is 2. The molecule has 0 saturated carbocycles. The first-order valence-corrected chi connectivity index (χ1v) is 11.8. The van der Waals surface area contributed by atoms with Gasteiger partial charge >= 0.3 is 0 Å². The van der Waals surface area contributed by atoms with E-state index >= 15 is 0 Å². The largest absolute Gasteiger partial charge is 0.324 e. The molecule has 2 heterocycles. The normalized spacial score (nSPS) is 17.0. The zero-order valence-electron chi connectivity index (χ0n) is 16.6. The molecule has 164 valence electrons. The fourth-order valence-corrected chi connectivity index (χ4v) is 5.61. The Balaban J connectivity index is 1.54. The van der Waals surface area contributed by atoms with Gasteiger partial charge in [-0.3, -0.25) is 9.59 Å². The van der Waals surface area contributed by atoms with Gasteiger partial charge in [-0.25, -0.2) is 12.8 Å². The standard InChI is InChI=1S/C21H21ClFN3O4S/c22-17-12-15(4-6-18(17)23)24-20(27)13-26-19-7-5-16(11-14(19)3-8-21(26)28)31(29,30)25-9-1-2-10-25/h4-7,11-12H,1-3,8-10,13H2,(H,24,27). The minimum absolute atomic E-state index is 0.121. The van der Waals surface area contributed by atoms with E-state index < -0.39 is 21.7 Å². The van der Waals surface area contributed by atoms with E-state index in [0.29, 0.717) is 36.4 Å². The summed E-state index contributed by atoms with van der Waals surface area (Å²) >= 11 is 5.73. The molecular formula is C21H21ClFN3O4S. The zero-order valence-corrected chi connectivity index (χ0v) is 18.2. The minimum Gasteiger partial charge on any atom is -0.324 e. The van der Waals surface area contributed by atoms with Crippen LogP contribution < -0.4 is 10.2 Å². The predicted molar refractivity (Wildman–Crippen MR) is 115 cm³/mol. The number of anilines is 2. The molecule has 0 radical (unpaired) electrons. The van der Waals surface area contributed by atoms with Gasteiger partial charge < -0.3 is 10.2 Å². The lowest BCUT2D eigenvalue weighted by atomic mass is 10.0. The van der Waals surface area contributed by atoms with Crippen LogP contribution in [-0.2, 0) is 26.0 Å². The van der Waals surface area contributed by atoms with Gasteiger partial charge in [-0.05, 0) is 61.2 Å². The van der Waals surface area contributed by atoms with Gasteiger partial charge in [0.05, 0.1) is 9.92 Å². The van der Waals surface area contributed by atoms with Gasteiger partial charge in [-0.1, -0.05) is 11.6 Å². The molecule has 1 saturated heterocycles. The Labute approximate surface area is 184 Å². The fraction of sp³-hybridized carbons (Fsp3) is 0.333. The molecule has 10 heteroatoms. The lowest BCUT2D eigenvalue weighted by Gasteiger charge is -2.29. The van der Waals surface area contributed by atoms with Crippen molar-refractivity contribution in [3.63, 3.8) is 0 Å². The van der Waals surface area contributed by atoms with Gasteiger partial charge in [-0.2, -0.15) is 4.31 Å². The molecule has 0 bridgehead atoms. The molecule has 0 aromatic heterocycles. The molecule has 1 N–H and O–H groups in total. The number of nitrogens with one attached hydrogen (secondary N) is 1. The molecule has 2 aliphatic rings. The quantitative estimate of drug-likeness (QED) is 0.734. The number of aryl methyl sites for hydroxylation is 1. The monoisotopic (exact) mass is 465 g/mol. The van der Waals surface area contributed by atoms with Gasteiger partial charge in [0.25, 0.3) is 0 Å². The summed E-state index contributed by atoms with van der Waals surface area (Å²) < 4.78 is 40.5. The lowest BCUT2D eigenvalue weighted by Crippen LogP contribution is -2.41. The molecule has 2 aromatic carbocycles. The lowest BCUT2D eigenvalue weighted by molar-refractivity contribution is -0.121. The zero-order chi connectivity index (χ0) is 22.2. The molecule has 2 aliphatic heterocycles. The number of nitrogens with zero attached hydrogens (tertiary/aromatic N) is 2. The highest BCUT2D eigenvalue weighted by Gasteiger charge is 2.31. The van der Waals surface area contributed by atoms with Gasteiger partial charge in [0.1, 0.15) is 12.4 Å². The highest BCUT2D eigenvalue weighted by molar-refractivity contribution is 7.89. The third-order valence-electron chi connectivity index (χ3n) is 5.46. The van der Waals surface area contributed by atoms with Crippen molar-refractivity contribution in [2.45, 2.75) is 30.6 Å². The summed E-state index contributed by atoms with van der Waals surface area (Å²) in [4.78, 5) is 26.5. The van der Waals surface area contributed by atoms with Crippen LogP contribution in [0.5, 0.6) is 0 Å². The Bertz CT molecular complexity index is 1150. The number of halogens is 2. The molecule has 1 fully saturated rings. The van der Waals surface area contributed by atoms with Gasteiger partial charge in [0, 0.05) is 30.9 Å². The molecule has 2 aromatic rings. The fourth-order valence-electron chi connectivity index (χ4n) is 3.87. The first-order chi connectivity index (χ1) is 14.8. The van der Waals surface area contributed by atoms with Crippen molar-refractivity contribution in [3.8, 4) is 0 Å². The van der Waals surface area contributed by atoms with Crippen molar-refractivity contribution in [1.29, 1.82) is 0 Å². The van der Waals surface area contributed by atoms with Crippen LogP contribution in [0, 0.1) is 5.82 Å². The number of rotatable bonds is 5. The molecule has 0 spiro atoms. The number of fused-ring (bicyclic) bond motifs is 1. The van der Waals surface area contributed by atoms with Gasteiger partial charge in [-0.15, -0.1) is 0 Å². The van der Waals surface area contributed by atoms with E-state index in [1.165, 1.54) is 27.4 Å². The van der Waals surface area contributed by atoms with Crippen LogP contribution >= 0.6 is 11.6 Å². The van der Waals surface area contributed by atoms with Crippen LogP contribution in [0.4, 0.5) is 15.8 Å². The Kier molecular flexibility index (Phi) is 6.00. The van der Waals surface area contributed by atoms with Gasteiger partial charge in [0.2, 0.25) is 21.8 Å². The maximum atomic E-state index is 13.3. The van der Waals surface area contributed by atoms with E-state index in [9.17, 15) is 22.4 Å². The minimum atomic E-state index is -3.57. The molecule has 4 rings (SSSR count). The van der Waals surface area contributed by atoms with Crippen molar-refractivity contribution in [2.75, 3.05) is 29.9 Å². The molecule has 31 heavy (non-hydrogen) atoms. The van der Waals surface area contributed by atoms with Crippen molar-refractivity contribution in [1.82, 2.24) is 4.31 Å². The average molecular weight is 466 g/mol. The van der Waals surface area contributed by atoms with E-state index in [-0.39, 0.29) is 28.8 Å².